The van der Waals surface area contributed by atoms with E-state index in [-0.39, 0.29) is 5.56 Å². The Kier molecular flexibility index (Phi) is 9.36. The van der Waals surface area contributed by atoms with Crippen molar-refractivity contribution in [1.82, 2.24) is 9.97 Å². The fourth-order valence-corrected chi connectivity index (χ4v) is 3.34. The number of esters is 1. The Morgan fingerprint density at radius 3 is 2.21 bits per heavy atom. The van der Waals surface area contributed by atoms with Crippen molar-refractivity contribution < 1.29 is 18.7 Å². The molecule has 0 N–H and O–H groups in total. The van der Waals surface area contributed by atoms with E-state index in [4.69, 9.17) is 9.47 Å². The van der Waals surface area contributed by atoms with Gasteiger partial charge in [0.15, 0.2) is 5.82 Å². The average molecular weight is 451 g/mol. The highest BCUT2D eigenvalue weighted by atomic mass is 19.1. The molecule has 0 unspecified atom stereocenters. The van der Waals surface area contributed by atoms with Crippen LogP contribution < -0.4 is 9.47 Å². The summed E-state index contributed by atoms with van der Waals surface area (Å²) in [6.45, 7) is 4.81. The molecule has 0 saturated heterocycles. The molecule has 0 saturated carbocycles. The molecule has 0 fully saturated rings. The van der Waals surface area contributed by atoms with Gasteiger partial charge in [-0.3, -0.25) is 0 Å². The summed E-state index contributed by atoms with van der Waals surface area (Å²) in [5, 5.41) is 0. The summed E-state index contributed by atoms with van der Waals surface area (Å²) in [6, 6.07) is 11.0. The number of carbonyl (C=O) groups is 1. The number of unbranched alkanes of at least 4 members (excludes halogenated alkanes) is 4. The Labute approximate surface area is 195 Å². The van der Waals surface area contributed by atoms with E-state index in [0.29, 0.717) is 23.9 Å². The van der Waals surface area contributed by atoms with Gasteiger partial charge in [0.1, 0.15) is 17.3 Å². The molecule has 0 bridgehead atoms. The van der Waals surface area contributed by atoms with E-state index in [2.05, 4.69) is 23.8 Å². The fraction of sp³-hybridized carbons (Fsp3) is 0.370. The standard InChI is InChI=1S/C27H31FN2O3/c1-3-5-7-9-20-18-29-26(30-19-20)21-10-12-22(13-11-21)33-27(31)24-15-14-23(17-25(24)28)32-16-8-6-4-2/h10-15,17-19H,3-9,16H2,1-2H3. The van der Waals surface area contributed by atoms with Crippen LogP contribution in [0.3, 0.4) is 0 Å². The molecule has 0 atom stereocenters. The molecule has 0 aliphatic carbocycles. The van der Waals surface area contributed by atoms with Gasteiger partial charge in [0.2, 0.25) is 0 Å². The van der Waals surface area contributed by atoms with Gasteiger partial charge in [0.25, 0.3) is 0 Å². The number of aromatic nitrogens is 2. The maximum Gasteiger partial charge on any atom is 0.346 e. The van der Waals surface area contributed by atoms with Crippen LogP contribution in [-0.4, -0.2) is 22.5 Å². The van der Waals surface area contributed by atoms with Gasteiger partial charge in [0.05, 0.1) is 12.2 Å². The highest BCUT2D eigenvalue weighted by Crippen LogP contribution is 2.22. The summed E-state index contributed by atoms with van der Waals surface area (Å²) in [6.07, 6.45) is 11.2. The Morgan fingerprint density at radius 2 is 1.55 bits per heavy atom. The van der Waals surface area contributed by atoms with Crippen LogP contribution in [0.5, 0.6) is 11.5 Å². The van der Waals surface area contributed by atoms with Gasteiger partial charge in [0, 0.05) is 24.0 Å². The number of hydrogen-bond donors (Lipinski definition) is 0. The van der Waals surface area contributed by atoms with Crippen LogP contribution in [0.25, 0.3) is 11.4 Å². The summed E-state index contributed by atoms with van der Waals surface area (Å²) < 4.78 is 25.3. The lowest BCUT2D eigenvalue weighted by Gasteiger charge is -2.09. The van der Waals surface area contributed by atoms with E-state index < -0.39 is 11.8 Å². The van der Waals surface area contributed by atoms with Crippen molar-refractivity contribution in [3.63, 3.8) is 0 Å². The van der Waals surface area contributed by atoms with Gasteiger partial charge in [-0.25, -0.2) is 19.2 Å². The zero-order valence-electron chi connectivity index (χ0n) is 19.4. The monoisotopic (exact) mass is 450 g/mol. The van der Waals surface area contributed by atoms with E-state index in [1.165, 1.54) is 25.0 Å². The number of rotatable bonds is 12. The Hall–Kier alpha value is -3.28. The second-order valence-corrected chi connectivity index (χ2v) is 7.98. The molecule has 6 heteroatoms. The van der Waals surface area contributed by atoms with E-state index in [9.17, 15) is 9.18 Å². The molecule has 0 aliphatic heterocycles. The first-order chi connectivity index (χ1) is 16.1. The molecule has 0 aliphatic rings. The zero-order chi connectivity index (χ0) is 23.5. The van der Waals surface area contributed by atoms with Crippen molar-refractivity contribution in [2.45, 2.75) is 58.8 Å². The Balaban J connectivity index is 1.57. The summed E-state index contributed by atoms with van der Waals surface area (Å²) in [5.74, 6) is -0.102. The molecule has 0 spiro atoms. The minimum Gasteiger partial charge on any atom is -0.493 e. The maximum atomic E-state index is 14.4. The minimum atomic E-state index is -0.759. The lowest BCUT2D eigenvalue weighted by molar-refractivity contribution is 0.0730. The summed E-state index contributed by atoms with van der Waals surface area (Å²) in [5.41, 5.74) is 1.80. The lowest BCUT2D eigenvalue weighted by atomic mass is 10.1. The van der Waals surface area contributed by atoms with Crippen molar-refractivity contribution in [2.24, 2.45) is 0 Å². The number of carbonyl (C=O) groups excluding carboxylic acids is 1. The fourth-order valence-electron chi connectivity index (χ4n) is 3.34. The largest absolute Gasteiger partial charge is 0.493 e. The SMILES string of the molecule is CCCCCOc1ccc(C(=O)Oc2ccc(-c3ncc(CCCCC)cn3)cc2)c(F)c1. The molecule has 174 valence electrons. The maximum absolute atomic E-state index is 14.4. The van der Waals surface area contributed by atoms with Crippen LogP contribution in [0.15, 0.2) is 54.9 Å². The van der Waals surface area contributed by atoms with Gasteiger partial charge < -0.3 is 9.47 Å². The van der Waals surface area contributed by atoms with Crippen molar-refractivity contribution in [3.8, 4) is 22.9 Å². The van der Waals surface area contributed by atoms with Crippen LogP contribution in [0.2, 0.25) is 0 Å². The zero-order valence-corrected chi connectivity index (χ0v) is 19.4. The number of benzene rings is 2. The Morgan fingerprint density at radius 1 is 0.879 bits per heavy atom. The smallest absolute Gasteiger partial charge is 0.346 e. The summed E-state index contributed by atoms with van der Waals surface area (Å²) in [4.78, 5) is 21.3. The molecule has 5 nitrogen and oxygen atoms in total. The van der Waals surface area contributed by atoms with Crippen LogP contribution in [0.4, 0.5) is 4.39 Å². The molecule has 1 heterocycles. The van der Waals surface area contributed by atoms with Crippen LogP contribution in [0, 0.1) is 5.82 Å². The molecule has 2 aromatic carbocycles. The third-order valence-electron chi connectivity index (χ3n) is 5.27. The van der Waals surface area contributed by atoms with Crippen molar-refractivity contribution in [3.05, 3.63) is 71.8 Å². The first-order valence-corrected chi connectivity index (χ1v) is 11.7. The average Bonchev–Trinajstić information content (AvgIpc) is 2.83. The molecular formula is C27H31FN2O3. The van der Waals surface area contributed by atoms with Crippen LogP contribution >= 0.6 is 0 Å². The molecule has 0 radical (unpaired) electrons. The molecule has 33 heavy (non-hydrogen) atoms. The summed E-state index contributed by atoms with van der Waals surface area (Å²) in [7, 11) is 0. The van der Waals surface area contributed by atoms with Crippen LogP contribution in [-0.2, 0) is 6.42 Å². The first-order valence-electron chi connectivity index (χ1n) is 11.7. The molecule has 0 amide bonds. The molecule has 3 aromatic rings. The number of halogens is 1. The van der Waals surface area contributed by atoms with Gasteiger partial charge in [-0.2, -0.15) is 0 Å². The van der Waals surface area contributed by atoms with E-state index in [1.807, 2.05) is 12.4 Å². The van der Waals surface area contributed by atoms with Crippen molar-refractivity contribution in [1.29, 1.82) is 0 Å². The molecule has 1 aromatic heterocycles. The van der Waals surface area contributed by atoms with E-state index >= 15 is 0 Å². The number of aryl methyl sites for hydroxylation is 1. The Bertz CT molecular complexity index is 1020. The van der Waals surface area contributed by atoms with Crippen LogP contribution in [0.1, 0.15) is 68.3 Å². The van der Waals surface area contributed by atoms with E-state index in [1.54, 1.807) is 30.3 Å². The highest BCUT2D eigenvalue weighted by molar-refractivity contribution is 5.91. The highest BCUT2D eigenvalue weighted by Gasteiger charge is 2.15. The lowest BCUT2D eigenvalue weighted by Crippen LogP contribution is -2.11. The van der Waals surface area contributed by atoms with Gasteiger partial charge in [-0.1, -0.05) is 39.5 Å². The number of hydrogen-bond acceptors (Lipinski definition) is 5. The third-order valence-corrected chi connectivity index (χ3v) is 5.27. The first kappa shape index (κ1) is 24.4. The summed E-state index contributed by atoms with van der Waals surface area (Å²) >= 11 is 0. The predicted octanol–water partition coefficient (Wildman–Crippen LogP) is 6.80. The molecule has 3 rings (SSSR count). The second-order valence-electron chi connectivity index (χ2n) is 7.98. The topological polar surface area (TPSA) is 61.3 Å². The van der Waals surface area contributed by atoms with Gasteiger partial charge >= 0.3 is 5.97 Å². The van der Waals surface area contributed by atoms with Crippen molar-refractivity contribution in [2.75, 3.05) is 6.61 Å². The number of ether oxygens (including phenoxy) is 2. The normalized spacial score (nSPS) is 10.8. The minimum absolute atomic E-state index is 0.137. The van der Waals surface area contributed by atoms with Gasteiger partial charge in [-0.15, -0.1) is 0 Å². The second kappa shape index (κ2) is 12.7. The van der Waals surface area contributed by atoms with Gasteiger partial charge in [-0.05, 0) is 61.2 Å². The predicted molar refractivity (Wildman–Crippen MR) is 127 cm³/mol. The number of nitrogens with zero attached hydrogens (tertiary/aromatic N) is 2. The van der Waals surface area contributed by atoms with E-state index in [0.717, 1.165) is 43.2 Å². The third kappa shape index (κ3) is 7.38. The van der Waals surface area contributed by atoms with Crippen molar-refractivity contribution >= 4 is 5.97 Å². The molecular weight excluding hydrogens is 419 g/mol. The quantitative estimate of drug-likeness (QED) is 0.172.